The standard InChI is InChI=1S/C18H28N4OS/c1-4-21-9-11-22(12-10-21)16-7-5-15(6-8-16)19-18(24)20-17(23)13-14(2)3/h5-8,14H,4,9-13H2,1-3H3,(H2,19,20,23,24). The molecule has 1 aliphatic heterocycles. The van der Waals surface area contributed by atoms with Gasteiger partial charge in [-0.2, -0.15) is 0 Å². The van der Waals surface area contributed by atoms with Crippen LogP contribution in [-0.4, -0.2) is 48.6 Å². The van der Waals surface area contributed by atoms with E-state index in [0.717, 1.165) is 38.4 Å². The van der Waals surface area contributed by atoms with Crippen LogP contribution in [0.2, 0.25) is 0 Å². The third-order valence-corrected chi connectivity index (χ3v) is 4.36. The molecule has 1 aromatic carbocycles. The average molecular weight is 349 g/mol. The van der Waals surface area contributed by atoms with Crippen molar-refractivity contribution in [3.63, 3.8) is 0 Å². The number of carbonyl (C=O) groups is 1. The van der Waals surface area contributed by atoms with Crippen molar-refractivity contribution in [1.82, 2.24) is 10.2 Å². The van der Waals surface area contributed by atoms with Gasteiger partial charge in [-0.25, -0.2) is 0 Å². The Bertz CT molecular complexity index is 551. The minimum atomic E-state index is -0.0482. The SMILES string of the molecule is CCN1CCN(c2ccc(NC(=S)NC(=O)CC(C)C)cc2)CC1. The number of benzene rings is 1. The van der Waals surface area contributed by atoms with Gasteiger partial charge in [0.1, 0.15) is 0 Å². The van der Waals surface area contributed by atoms with E-state index in [2.05, 4.69) is 39.5 Å². The number of anilines is 2. The van der Waals surface area contributed by atoms with E-state index in [-0.39, 0.29) is 5.91 Å². The number of likely N-dealkylation sites (N-methyl/N-ethyl adjacent to an activating group) is 1. The summed E-state index contributed by atoms with van der Waals surface area (Å²) in [6.45, 7) is 11.7. The molecule has 1 amide bonds. The quantitative estimate of drug-likeness (QED) is 0.801. The largest absolute Gasteiger partial charge is 0.369 e. The number of rotatable bonds is 5. The van der Waals surface area contributed by atoms with Gasteiger partial charge in [0.25, 0.3) is 0 Å². The smallest absolute Gasteiger partial charge is 0.226 e. The maximum atomic E-state index is 11.7. The Morgan fingerprint density at radius 2 is 1.79 bits per heavy atom. The van der Waals surface area contributed by atoms with Crippen LogP contribution in [0.5, 0.6) is 0 Å². The summed E-state index contributed by atoms with van der Waals surface area (Å²) < 4.78 is 0. The van der Waals surface area contributed by atoms with E-state index in [9.17, 15) is 4.79 Å². The van der Waals surface area contributed by atoms with Crippen molar-refractivity contribution in [2.24, 2.45) is 5.92 Å². The minimum Gasteiger partial charge on any atom is -0.369 e. The molecular formula is C18H28N4OS. The molecule has 6 heteroatoms. The monoisotopic (exact) mass is 348 g/mol. The maximum Gasteiger partial charge on any atom is 0.226 e. The molecule has 0 bridgehead atoms. The zero-order valence-electron chi connectivity index (χ0n) is 14.8. The molecule has 5 nitrogen and oxygen atoms in total. The van der Waals surface area contributed by atoms with Crippen LogP contribution in [0, 0.1) is 5.92 Å². The molecule has 0 unspecified atom stereocenters. The molecule has 0 saturated carbocycles. The van der Waals surface area contributed by atoms with Crippen LogP contribution in [0.25, 0.3) is 0 Å². The Balaban J connectivity index is 1.83. The molecule has 1 fully saturated rings. The van der Waals surface area contributed by atoms with E-state index < -0.39 is 0 Å². The van der Waals surface area contributed by atoms with Gasteiger partial charge in [-0.1, -0.05) is 20.8 Å². The Morgan fingerprint density at radius 1 is 1.17 bits per heavy atom. The van der Waals surface area contributed by atoms with Crippen molar-refractivity contribution in [1.29, 1.82) is 0 Å². The van der Waals surface area contributed by atoms with Gasteiger partial charge in [-0.3, -0.25) is 4.79 Å². The maximum absolute atomic E-state index is 11.7. The number of nitrogens with one attached hydrogen (secondary N) is 2. The minimum absolute atomic E-state index is 0.0482. The van der Waals surface area contributed by atoms with Crippen LogP contribution < -0.4 is 15.5 Å². The Hall–Kier alpha value is -1.66. The lowest BCUT2D eigenvalue weighted by molar-refractivity contribution is -0.120. The number of carbonyl (C=O) groups excluding carboxylic acids is 1. The summed E-state index contributed by atoms with van der Waals surface area (Å²) in [6, 6.07) is 8.20. The third-order valence-electron chi connectivity index (χ3n) is 4.16. The van der Waals surface area contributed by atoms with Gasteiger partial charge in [0.05, 0.1) is 0 Å². The third kappa shape index (κ3) is 5.76. The lowest BCUT2D eigenvalue weighted by atomic mass is 10.1. The first kappa shape index (κ1) is 18.7. The topological polar surface area (TPSA) is 47.6 Å². The van der Waals surface area contributed by atoms with E-state index in [4.69, 9.17) is 12.2 Å². The highest BCUT2D eigenvalue weighted by Crippen LogP contribution is 2.19. The van der Waals surface area contributed by atoms with E-state index in [1.54, 1.807) is 0 Å². The van der Waals surface area contributed by atoms with Crippen LogP contribution in [0.3, 0.4) is 0 Å². The molecule has 132 valence electrons. The molecule has 1 saturated heterocycles. The average Bonchev–Trinajstić information content (AvgIpc) is 2.54. The summed E-state index contributed by atoms with van der Waals surface area (Å²) >= 11 is 5.19. The fraction of sp³-hybridized carbons (Fsp3) is 0.556. The zero-order chi connectivity index (χ0) is 17.5. The van der Waals surface area contributed by atoms with Crippen molar-refractivity contribution in [3.8, 4) is 0 Å². The number of amides is 1. The summed E-state index contributed by atoms with van der Waals surface area (Å²) in [6.07, 6.45) is 0.477. The highest BCUT2D eigenvalue weighted by atomic mass is 32.1. The lowest BCUT2D eigenvalue weighted by Gasteiger charge is -2.35. The number of nitrogens with zero attached hydrogens (tertiary/aromatic N) is 2. The van der Waals surface area contributed by atoms with Gasteiger partial charge < -0.3 is 20.4 Å². The first-order chi connectivity index (χ1) is 11.5. The van der Waals surface area contributed by atoms with Crippen LogP contribution in [0.1, 0.15) is 27.2 Å². The molecule has 24 heavy (non-hydrogen) atoms. The fourth-order valence-electron chi connectivity index (χ4n) is 2.79. The fourth-order valence-corrected chi connectivity index (χ4v) is 3.02. The van der Waals surface area contributed by atoms with E-state index in [1.807, 2.05) is 26.0 Å². The van der Waals surface area contributed by atoms with Gasteiger partial charge >= 0.3 is 0 Å². The van der Waals surface area contributed by atoms with Crippen molar-refractivity contribution < 1.29 is 4.79 Å². The van der Waals surface area contributed by atoms with Crippen LogP contribution in [-0.2, 0) is 4.79 Å². The number of hydrogen-bond donors (Lipinski definition) is 2. The van der Waals surface area contributed by atoms with Gasteiger partial charge in [0.2, 0.25) is 5.91 Å². The molecule has 1 aliphatic rings. The molecular weight excluding hydrogens is 320 g/mol. The zero-order valence-corrected chi connectivity index (χ0v) is 15.7. The Morgan fingerprint density at radius 3 is 2.33 bits per heavy atom. The second-order valence-corrected chi connectivity index (χ2v) is 6.98. The first-order valence-corrected chi connectivity index (χ1v) is 9.07. The lowest BCUT2D eigenvalue weighted by Crippen LogP contribution is -2.46. The van der Waals surface area contributed by atoms with Crippen molar-refractivity contribution in [2.45, 2.75) is 27.2 Å². The molecule has 2 N–H and O–H groups in total. The highest BCUT2D eigenvalue weighted by Gasteiger charge is 2.15. The Labute approximate surface area is 150 Å². The highest BCUT2D eigenvalue weighted by molar-refractivity contribution is 7.80. The van der Waals surface area contributed by atoms with Crippen LogP contribution in [0.4, 0.5) is 11.4 Å². The molecule has 2 rings (SSSR count). The summed E-state index contributed by atoms with van der Waals surface area (Å²) in [5, 5.41) is 6.13. The van der Waals surface area contributed by atoms with E-state index in [1.165, 1.54) is 5.69 Å². The van der Waals surface area contributed by atoms with Gasteiger partial charge in [-0.05, 0) is 48.9 Å². The van der Waals surface area contributed by atoms with Crippen LogP contribution >= 0.6 is 12.2 Å². The predicted octanol–water partition coefficient (Wildman–Crippen LogP) is 2.69. The first-order valence-electron chi connectivity index (χ1n) is 8.66. The molecule has 0 spiro atoms. The van der Waals surface area contributed by atoms with E-state index in [0.29, 0.717) is 17.5 Å². The number of thiocarbonyl (C=S) groups is 1. The predicted molar refractivity (Wildman–Crippen MR) is 105 cm³/mol. The molecule has 0 aliphatic carbocycles. The van der Waals surface area contributed by atoms with Gasteiger partial charge in [-0.15, -0.1) is 0 Å². The summed E-state index contributed by atoms with van der Waals surface area (Å²) in [5.41, 5.74) is 2.12. The van der Waals surface area contributed by atoms with E-state index >= 15 is 0 Å². The summed E-state index contributed by atoms with van der Waals surface area (Å²) in [5.74, 6) is 0.271. The number of piperazine rings is 1. The van der Waals surface area contributed by atoms with Gasteiger partial charge in [0.15, 0.2) is 5.11 Å². The molecule has 1 aromatic rings. The van der Waals surface area contributed by atoms with Gasteiger partial charge in [0, 0.05) is 44.0 Å². The molecule has 0 radical (unpaired) electrons. The van der Waals surface area contributed by atoms with Crippen molar-refractivity contribution in [3.05, 3.63) is 24.3 Å². The summed E-state index contributed by atoms with van der Waals surface area (Å²) in [4.78, 5) is 16.6. The number of hydrogen-bond acceptors (Lipinski definition) is 4. The van der Waals surface area contributed by atoms with Crippen molar-refractivity contribution >= 4 is 34.6 Å². The molecule has 0 atom stereocenters. The van der Waals surface area contributed by atoms with Crippen molar-refractivity contribution in [2.75, 3.05) is 42.9 Å². The van der Waals surface area contributed by atoms with Crippen LogP contribution in [0.15, 0.2) is 24.3 Å². The normalized spacial score (nSPS) is 15.4. The Kier molecular flexibility index (Phi) is 6.99. The molecule has 0 aromatic heterocycles. The summed E-state index contributed by atoms with van der Waals surface area (Å²) in [7, 11) is 0. The second kappa shape index (κ2) is 8.99. The second-order valence-electron chi connectivity index (χ2n) is 6.57. The molecule has 1 heterocycles.